The summed E-state index contributed by atoms with van der Waals surface area (Å²) in [6.07, 6.45) is -2.94. The van der Waals surface area contributed by atoms with Gasteiger partial charge in [-0.15, -0.1) is 0 Å². The molecule has 3 unspecified atom stereocenters. The van der Waals surface area contributed by atoms with E-state index in [1.54, 1.807) is 0 Å². The van der Waals surface area contributed by atoms with E-state index in [-0.39, 0.29) is 17.2 Å². The highest BCUT2D eigenvalue weighted by Gasteiger charge is 2.82. The van der Waals surface area contributed by atoms with Crippen molar-refractivity contribution in [3.63, 3.8) is 0 Å². The Morgan fingerprint density at radius 3 is 2.14 bits per heavy atom. The van der Waals surface area contributed by atoms with Crippen molar-refractivity contribution in [3.8, 4) is 0 Å². The molecular weight excluding hydrogens is 480 g/mol. The Labute approximate surface area is 200 Å². The van der Waals surface area contributed by atoms with Gasteiger partial charge >= 0.3 is 6.18 Å². The summed E-state index contributed by atoms with van der Waals surface area (Å²) in [5, 5.41) is 6.13. The third kappa shape index (κ3) is 4.01. The smallest absolute Gasteiger partial charge is 0.291 e. The highest BCUT2D eigenvalue weighted by molar-refractivity contribution is 7.90. The van der Waals surface area contributed by atoms with Crippen LogP contribution >= 0.6 is 0 Å². The Bertz CT molecular complexity index is 1370. The van der Waals surface area contributed by atoms with Crippen molar-refractivity contribution in [2.24, 2.45) is 11.0 Å². The van der Waals surface area contributed by atoms with Crippen molar-refractivity contribution in [1.82, 2.24) is 5.01 Å². The topological polar surface area (TPSA) is 49.7 Å². The molecule has 182 valence electrons. The van der Waals surface area contributed by atoms with Gasteiger partial charge in [-0.25, -0.2) is 12.8 Å². The number of sulfone groups is 1. The summed E-state index contributed by atoms with van der Waals surface area (Å²) in [4.78, 5) is 0.0660. The molecule has 3 aromatic rings. The minimum Gasteiger partial charge on any atom is -0.291 e. The number of alkyl halides is 3. The minimum absolute atomic E-state index is 0.0660. The summed E-state index contributed by atoms with van der Waals surface area (Å²) in [5.74, 6) is -2.26. The maximum atomic E-state index is 14.4. The molecule has 1 heterocycles. The van der Waals surface area contributed by atoms with Gasteiger partial charge in [0.25, 0.3) is 0 Å². The van der Waals surface area contributed by atoms with Crippen LogP contribution in [0.1, 0.15) is 16.7 Å². The fourth-order valence-electron chi connectivity index (χ4n) is 5.22. The zero-order chi connectivity index (χ0) is 25.0. The zero-order valence-corrected chi connectivity index (χ0v) is 19.5. The van der Waals surface area contributed by atoms with Gasteiger partial charge in [0.2, 0.25) is 0 Å². The molecule has 0 spiro atoms. The van der Waals surface area contributed by atoms with Crippen LogP contribution in [0.2, 0.25) is 0 Å². The lowest BCUT2D eigenvalue weighted by molar-refractivity contribution is -0.155. The van der Waals surface area contributed by atoms with Gasteiger partial charge in [0, 0.05) is 12.8 Å². The molecule has 35 heavy (non-hydrogen) atoms. The van der Waals surface area contributed by atoms with Crippen LogP contribution in [0.25, 0.3) is 0 Å². The minimum atomic E-state index is -4.52. The lowest BCUT2D eigenvalue weighted by Gasteiger charge is -2.21. The molecule has 0 saturated heterocycles. The Hall–Kier alpha value is -3.20. The first-order valence-electron chi connectivity index (χ1n) is 11.1. The van der Waals surface area contributed by atoms with E-state index in [1.807, 2.05) is 30.3 Å². The van der Waals surface area contributed by atoms with Crippen LogP contribution in [-0.4, -0.2) is 44.2 Å². The molecule has 0 bridgehead atoms. The zero-order valence-electron chi connectivity index (χ0n) is 18.7. The number of rotatable bonds is 6. The molecule has 3 aromatic carbocycles. The normalized spacial score (nSPS) is 23.7. The van der Waals surface area contributed by atoms with Gasteiger partial charge in [0.1, 0.15) is 5.82 Å². The molecule has 1 aliphatic carbocycles. The molecule has 1 fully saturated rings. The summed E-state index contributed by atoms with van der Waals surface area (Å²) >= 11 is 0. The number of hydrogen-bond donors (Lipinski definition) is 0. The van der Waals surface area contributed by atoms with Gasteiger partial charge in [0.15, 0.2) is 9.84 Å². The number of halogens is 4. The van der Waals surface area contributed by atoms with E-state index in [1.165, 1.54) is 41.4 Å². The van der Waals surface area contributed by atoms with E-state index >= 15 is 0 Å². The monoisotopic (exact) mass is 502 g/mol. The predicted octanol–water partition coefficient (Wildman–Crippen LogP) is 4.99. The largest absolute Gasteiger partial charge is 0.395 e. The molecule has 0 aromatic heterocycles. The Kier molecular flexibility index (Phi) is 5.51. The standard InChI is InChI=1S/C26H22F4N2O2S/c1-35(33,34)21-13-7-18(8-14-21)23-25(19-9-11-20(27)12-10-19)22(26(28,29)30)24(25)32(31-23)16-15-17-5-3-2-4-6-17/h2-14,22,24H,15-16H2,1H3. The lowest BCUT2D eigenvalue weighted by Crippen LogP contribution is -2.30. The summed E-state index contributed by atoms with van der Waals surface area (Å²) in [7, 11) is -3.47. The predicted molar refractivity (Wildman–Crippen MR) is 124 cm³/mol. The molecule has 0 N–H and O–H groups in total. The quantitative estimate of drug-likeness (QED) is 0.447. The molecule has 5 rings (SSSR count). The SMILES string of the molecule is CS(=O)(=O)c1ccc(C2=NN(CCc3ccccc3)C3C(C(F)(F)F)C23c2ccc(F)cc2)cc1. The Morgan fingerprint density at radius 2 is 1.57 bits per heavy atom. The molecule has 0 radical (unpaired) electrons. The third-order valence-electron chi connectivity index (χ3n) is 6.81. The van der Waals surface area contributed by atoms with Crippen LogP contribution in [0.3, 0.4) is 0 Å². The second-order valence-electron chi connectivity index (χ2n) is 8.98. The van der Waals surface area contributed by atoms with Crippen molar-refractivity contribution >= 4 is 15.5 Å². The van der Waals surface area contributed by atoms with Crippen LogP contribution in [0, 0.1) is 11.7 Å². The summed E-state index contributed by atoms with van der Waals surface area (Å²) in [6, 6.07) is 19.3. The number of hydrogen-bond acceptors (Lipinski definition) is 4. The third-order valence-corrected chi connectivity index (χ3v) is 7.94. The first kappa shape index (κ1) is 23.5. The van der Waals surface area contributed by atoms with Gasteiger partial charge in [0.05, 0.1) is 28.0 Å². The fourth-order valence-corrected chi connectivity index (χ4v) is 5.85. The molecule has 9 heteroatoms. The molecule has 1 saturated carbocycles. The van der Waals surface area contributed by atoms with Gasteiger partial charge in [-0.3, -0.25) is 5.01 Å². The summed E-state index contributed by atoms with van der Waals surface area (Å²) < 4.78 is 80.6. The summed E-state index contributed by atoms with van der Waals surface area (Å²) in [6.45, 7) is 0.273. The number of fused-ring (bicyclic) bond motifs is 1. The molecule has 2 aliphatic rings. The van der Waals surface area contributed by atoms with Gasteiger partial charge in [-0.05, 0) is 47.4 Å². The van der Waals surface area contributed by atoms with Crippen LogP contribution < -0.4 is 0 Å². The van der Waals surface area contributed by atoms with E-state index in [9.17, 15) is 26.0 Å². The van der Waals surface area contributed by atoms with Gasteiger partial charge < -0.3 is 0 Å². The molecule has 1 aliphatic heterocycles. The number of hydrazone groups is 1. The Morgan fingerprint density at radius 1 is 0.943 bits per heavy atom. The van der Waals surface area contributed by atoms with E-state index in [0.717, 1.165) is 24.0 Å². The average Bonchev–Trinajstić information content (AvgIpc) is 3.42. The average molecular weight is 503 g/mol. The molecule has 4 nitrogen and oxygen atoms in total. The second kappa shape index (κ2) is 8.19. The van der Waals surface area contributed by atoms with Crippen molar-refractivity contribution in [2.45, 2.75) is 28.9 Å². The van der Waals surface area contributed by atoms with E-state index in [0.29, 0.717) is 17.5 Å². The molecular formula is C26H22F4N2O2S. The molecule has 0 amide bonds. The maximum Gasteiger partial charge on any atom is 0.395 e. The van der Waals surface area contributed by atoms with Gasteiger partial charge in [-0.2, -0.15) is 18.3 Å². The lowest BCUT2D eigenvalue weighted by atomic mass is 9.84. The van der Waals surface area contributed by atoms with Crippen molar-refractivity contribution in [1.29, 1.82) is 0 Å². The van der Waals surface area contributed by atoms with E-state index < -0.39 is 39.2 Å². The van der Waals surface area contributed by atoms with E-state index in [2.05, 4.69) is 5.10 Å². The van der Waals surface area contributed by atoms with Crippen molar-refractivity contribution in [2.75, 3.05) is 12.8 Å². The number of benzene rings is 3. The number of nitrogens with zero attached hydrogens (tertiary/aromatic N) is 2. The first-order chi connectivity index (χ1) is 16.5. The van der Waals surface area contributed by atoms with Crippen LogP contribution in [-0.2, 0) is 21.7 Å². The van der Waals surface area contributed by atoms with Crippen LogP contribution in [0.5, 0.6) is 0 Å². The van der Waals surface area contributed by atoms with Crippen molar-refractivity contribution < 1.29 is 26.0 Å². The second-order valence-corrected chi connectivity index (χ2v) is 11.0. The summed E-state index contributed by atoms with van der Waals surface area (Å²) in [5.41, 5.74) is 0.421. The highest BCUT2D eigenvalue weighted by Crippen LogP contribution is 2.67. The maximum absolute atomic E-state index is 14.4. The fraction of sp³-hybridized carbons (Fsp3) is 0.269. The first-order valence-corrected chi connectivity index (χ1v) is 12.9. The van der Waals surface area contributed by atoms with Crippen LogP contribution in [0.4, 0.5) is 17.6 Å². The van der Waals surface area contributed by atoms with E-state index in [4.69, 9.17) is 0 Å². The molecule has 3 atom stereocenters. The van der Waals surface area contributed by atoms with Crippen LogP contribution in [0.15, 0.2) is 88.9 Å². The van der Waals surface area contributed by atoms with Gasteiger partial charge in [-0.1, -0.05) is 54.6 Å². The highest BCUT2D eigenvalue weighted by atomic mass is 32.2. The van der Waals surface area contributed by atoms with Crippen molar-refractivity contribution in [3.05, 3.63) is 101 Å². The Balaban J connectivity index is 1.61.